The molecule has 0 saturated carbocycles. The largest absolute Gasteiger partial charge is 0.466 e. The highest BCUT2D eigenvalue weighted by Gasteiger charge is 2.20. The first-order valence-electron chi connectivity index (χ1n) is 26.8. The van der Waals surface area contributed by atoms with E-state index in [1.807, 2.05) is 0 Å². The first-order chi connectivity index (χ1) is 29.0. The Morgan fingerprint density at radius 2 is 0.695 bits per heavy atom. The minimum Gasteiger partial charge on any atom is -0.466 e. The number of ether oxygens (including phenoxy) is 1. The van der Waals surface area contributed by atoms with Gasteiger partial charge in [-0.2, -0.15) is 0 Å². The van der Waals surface area contributed by atoms with E-state index in [0.29, 0.717) is 25.9 Å². The Hall–Kier alpha value is -1.14. The van der Waals surface area contributed by atoms with Crippen LogP contribution < -0.4 is 5.32 Å². The fourth-order valence-electron chi connectivity index (χ4n) is 8.52. The number of hydrogen-bond donors (Lipinski definition) is 3. The first-order valence-corrected chi connectivity index (χ1v) is 26.8. The van der Waals surface area contributed by atoms with Crippen LogP contribution in [0, 0.1) is 0 Å². The number of carbonyl (C=O) groups excluding carboxylic acids is 2. The van der Waals surface area contributed by atoms with Gasteiger partial charge in [-0.1, -0.05) is 264 Å². The Labute approximate surface area is 368 Å². The molecule has 6 heteroatoms. The van der Waals surface area contributed by atoms with E-state index in [4.69, 9.17) is 4.74 Å². The molecule has 0 fully saturated rings. The summed E-state index contributed by atoms with van der Waals surface area (Å²) in [5, 5.41) is 23.2. The van der Waals surface area contributed by atoms with Gasteiger partial charge in [0.2, 0.25) is 5.91 Å². The highest BCUT2D eigenvalue weighted by atomic mass is 16.5. The van der Waals surface area contributed by atoms with Crippen LogP contribution in [0.4, 0.5) is 0 Å². The molecular formula is C53H105NO5. The summed E-state index contributed by atoms with van der Waals surface area (Å²) in [7, 11) is 0. The molecule has 3 N–H and O–H groups in total. The highest BCUT2D eigenvalue weighted by molar-refractivity contribution is 5.76. The molecule has 0 radical (unpaired) electrons. The molecule has 1 amide bonds. The maximum atomic E-state index is 12.4. The first kappa shape index (κ1) is 57.9. The van der Waals surface area contributed by atoms with Crippen molar-refractivity contribution in [2.75, 3.05) is 13.2 Å². The molecule has 0 aliphatic carbocycles. The monoisotopic (exact) mass is 836 g/mol. The van der Waals surface area contributed by atoms with Crippen LogP contribution in [0.5, 0.6) is 0 Å². The Kier molecular flexibility index (Phi) is 48.6. The summed E-state index contributed by atoms with van der Waals surface area (Å²) < 4.78 is 5.48. The Morgan fingerprint density at radius 1 is 0.407 bits per heavy atom. The fraction of sp³-hybridized carbons (Fsp3) is 0.962. The second-order valence-electron chi connectivity index (χ2n) is 18.6. The van der Waals surface area contributed by atoms with Crippen molar-refractivity contribution in [1.29, 1.82) is 0 Å². The van der Waals surface area contributed by atoms with Crippen molar-refractivity contribution >= 4 is 11.9 Å². The predicted molar refractivity (Wildman–Crippen MR) is 255 cm³/mol. The number of esters is 1. The molecule has 0 saturated heterocycles. The molecule has 0 bridgehead atoms. The van der Waals surface area contributed by atoms with Crippen molar-refractivity contribution in [2.45, 2.75) is 315 Å². The highest BCUT2D eigenvalue weighted by Crippen LogP contribution is 2.17. The molecule has 0 aromatic carbocycles. The lowest BCUT2D eigenvalue weighted by Gasteiger charge is -2.22. The van der Waals surface area contributed by atoms with Gasteiger partial charge in [-0.25, -0.2) is 0 Å². The molecule has 59 heavy (non-hydrogen) atoms. The molecular weight excluding hydrogens is 731 g/mol. The lowest BCUT2D eigenvalue weighted by atomic mass is 10.0. The minimum atomic E-state index is -0.673. The SMILES string of the molecule is CCCCCCCCCCCCCCCCCCCCCC(=O)OCCCCCCCCCCCCCC(=O)NC(CO)C(O)CCCCCCCCCCCCCC. The van der Waals surface area contributed by atoms with E-state index in [2.05, 4.69) is 19.2 Å². The van der Waals surface area contributed by atoms with Gasteiger partial charge >= 0.3 is 5.97 Å². The molecule has 0 aromatic heterocycles. The van der Waals surface area contributed by atoms with Crippen molar-refractivity contribution in [1.82, 2.24) is 5.32 Å². The van der Waals surface area contributed by atoms with E-state index in [1.165, 1.54) is 212 Å². The summed E-state index contributed by atoms with van der Waals surface area (Å²) in [6, 6.07) is -0.552. The summed E-state index contributed by atoms with van der Waals surface area (Å²) in [4.78, 5) is 24.5. The summed E-state index contributed by atoms with van der Waals surface area (Å²) in [5.74, 6) is -0.0607. The summed E-state index contributed by atoms with van der Waals surface area (Å²) >= 11 is 0. The topological polar surface area (TPSA) is 95.9 Å². The number of amides is 1. The molecule has 0 aliphatic rings. The third kappa shape index (κ3) is 46.2. The second kappa shape index (κ2) is 49.5. The van der Waals surface area contributed by atoms with E-state index in [-0.39, 0.29) is 18.5 Å². The Balaban J connectivity index is 3.41. The van der Waals surface area contributed by atoms with Gasteiger partial charge in [-0.05, 0) is 25.7 Å². The zero-order valence-electron chi connectivity index (χ0n) is 40.0. The normalized spacial score (nSPS) is 12.5. The fourth-order valence-corrected chi connectivity index (χ4v) is 8.52. The van der Waals surface area contributed by atoms with E-state index in [0.717, 1.165) is 57.8 Å². The smallest absolute Gasteiger partial charge is 0.305 e. The Morgan fingerprint density at radius 3 is 1.03 bits per heavy atom. The van der Waals surface area contributed by atoms with Gasteiger partial charge in [0.1, 0.15) is 0 Å². The summed E-state index contributed by atoms with van der Waals surface area (Å²) in [6.45, 7) is 4.93. The van der Waals surface area contributed by atoms with Gasteiger partial charge in [0.05, 0.1) is 25.4 Å². The van der Waals surface area contributed by atoms with Crippen molar-refractivity contribution in [2.24, 2.45) is 0 Å². The molecule has 6 nitrogen and oxygen atoms in total. The molecule has 2 atom stereocenters. The van der Waals surface area contributed by atoms with Crippen molar-refractivity contribution < 1.29 is 24.5 Å². The number of rotatable bonds is 50. The van der Waals surface area contributed by atoms with Crippen LogP contribution in [0.2, 0.25) is 0 Å². The summed E-state index contributed by atoms with van der Waals surface area (Å²) in [5.41, 5.74) is 0. The summed E-state index contributed by atoms with van der Waals surface area (Å²) in [6.07, 6.45) is 55.1. The second-order valence-corrected chi connectivity index (χ2v) is 18.6. The average molecular weight is 836 g/mol. The quantitative estimate of drug-likeness (QED) is 0.0419. The van der Waals surface area contributed by atoms with Gasteiger partial charge in [-0.3, -0.25) is 9.59 Å². The molecule has 352 valence electrons. The maximum absolute atomic E-state index is 12.4. The third-order valence-electron chi connectivity index (χ3n) is 12.7. The minimum absolute atomic E-state index is 0.00836. The van der Waals surface area contributed by atoms with Crippen LogP contribution in [0.25, 0.3) is 0 Å². The molecule has 0 heterocycles. The van der Waals surface area contributed by atoms with Gasteiger partial charge < -0.3 is 20.3 Å². The zero-order chi connectivity index (χ0) is 43.0. The number of aliphatic hydroxyl groups excluding tert-OH is 2. The van der Waals surface area contributed by atoms with Crippen LogP contribution in [0.15, 0.2) is 0 Å². The number of nitrogens with one attached hydrogen (secondary N) is 1. The lowest BCUT2D eigenvalue weighted by molar-refractivity contribution is -0.143. The van der Waals surface area contributed by atoms with Crippen LogP contribution >= 0.6 is 0 Å². The van der Waals surface area contributed by atoms with Gasteiger partial charge in [0.15, 0.2) is 0 Å². The van der Waals surface area contributed by atoms with Crippen LogP contribution in [0.1, 0.15) is 303 Å². The molecule has 0 spiro atoms. The number of carbonyl (C=O) groups is 2. The average Bonchev–Trinajstić information content (AvgIpc) is 3.24. The third-order valence-corrected chi connectivity index (χ3v) is 12.7. The van der Waals surface area contributed by atoms with E-state index < -0.39 is 12.1 Å². The van der Waals surface area contributed by atoms with E-state index in [1.54, 1.807) is 0 Å². The molecule has 2 unspecified atom stereocenters. The molecule has 0 aromatic rings. The van der Waals surface area contributed by atoms with Crippen molar-refractivity contribution in [3.05, 3.63) is 0 Å². The Bertz CT molecular complexity index is 837. The van der Waals surface area contributed by atoms with Gasteiger partial charge in [0.25, 0.3) is 0 Å². The van der Waals surface area contributed by atoms with Crippen molar-refractivity contribution in [3.63, 3.8) is 0 Å². The number of unbranched alkanes of at least 4 members (excludes halogenated alkanes) is 39. The number of aliphatic hydroxyl groups is 2. The standard InChI is InChI=1S/C53H105NO5/c1-3-5-7-9-11-13-15-17-18-19-20-21-22-23-27-31-35-39-43-47-53(58)59-48-44-40-36-32-28-24-26-30-34-38-42-46-52(57)54-50(49-55)51(56)45-41-37-33-29-25-16-14-12-10-8-6-4-2/h50-51,55-56H,3-49H2,1-2H3,(H,54,57). The van der Waals surface area contributed by atoms with Crippen LogP contribution in [-0.4, -0.2) is 47.4 Å². The van der Waals surface area contributed by atoms with Crippen LogP contribution in [-0.2, 0) is 14.3 Å². The predicted octanol–water partition coefficient (Wildman–Crippen LogP) is 16.0. The maximum Gasteiger partial charge on any atom is 0.305 e. The van der Waals surface area contributed by atoms with Gasteiger partial charge in [0, 0.05) is 12.8 Å². The molecule has 0 rings (SSSR count). The lowest BCUT2D eigenvalue weighted by Crippen LogP contribution is -2.45. The van der Waals surface area contributed by atoms with Gasteiger partial charge in [-0.15, -0.1) is 0 Å². The van der Waals surface area contributed by atoms with Crippen LogP contribution in [0.3, 0.4) is 0 Å². The zero-order valence-corrected chi connectivity index (χ0v) is 40.0. The van der Waals surface area contributed by atoms with E-state index >= 15 is 0 Å². The number of hydrogen-bond acceptors (Lipinski definition) is 5. The molecule has 0 aliphatic heterocycles. The van der Waals surface area contributed by atoms with E-state index in [9.17, 15) is 19.8 Å². The van der Waals surface area contributed by atoms with Crippen molar-refractivity contribution in [3.8, 4) is 0 Å².